The third kappa shape index (κ3) is 2.88. The Balaban J connectivity index is 1.49. The summed E-state index contributed by atoms with van der Waals surface area (Å²) in [5.74, 6) is -1.52. The molecular formula is C32H24N2O3. The van der Waals surface area contributed by atoms with Gasteiger partial charge in [0, 0.05) is 12.1 Å². The van der Waals surface area contributed by atoms with Gasteiger partial charge in [-0.3, -0.25) is 14.6 Å². The summed E-state index contributed by atoms with van der Waals surface area (Å²) in [6, 6.07) is 30.5. The molecule has 1 aliphatic heterocycles. The van der Waals surface area contributed by atoms with Crippen LogP contribution in [-0.2, 0) is 15.0 Å². The van der Waals surface area contributed by atoms with E-state index in [0.29, 0.717) is 11.4 Å². The van der Waals surface area contributed by atoms with Crippen LogP contribution in [0.5, 0.6) is 5.75 Å². The molecule has 1 heterocycles. The Labute approximate surface area is 214 Å². The molecule has 4 aromatic carbocycles. The summed E-state index contributed by atoms with van der Waals surface area (Å²) >= 11 is 0. The lowest BCUT2D eigenvalue weighted by Crippen LogP contribution is -2.54. The number of nitrogens with zero attached hydrogens (tertiary/aromatic N) is 2. The van der Waals surface area contributed by atoms with Gasteiger partial charge in [0.2, 0.25) is 11.8 Å². The molecule has 4 aliphatic rings. The first-order valence-corrected chi connectivity index (χ1v) is 12.5. The van der Waals surface area contributed by atoms with E-state index in [4.69, 9.17) is 4.99 Å². The summed E-state index contributed by atoms with van der Waals surface area (Å²) in [5, 5.41) is 9.74. The lowest BCUT2D eigenvalue weighted by atomic mass is 9.47. The number of imide groups is 1. The first-order chi connectivity index (χ1) is 18.0. The average molecular weight is 485 g/mol. The second-order valence-corrected chi connectivity index (χ2v) is 10.1. The standard InChI is InChI=1S/C32H24N2O3/c1-19-10-14-21(15-11-19)34-30(36)28-27-23-6-2-4-8-25(23)32(29(28)31(34)37,26-9-5-3-7-24(26)27)18-33-20-12-16-22(35)17-13-20/h2-18,27-29,35H,1H3/t27?,28-,29+,32?/m1/s1. The van der Waals surface area contributed by atoms with Crippen LogP contribution in [0.1, 0.15) is 33.7 Å². The van der Waals surface area contributed by atoms with E-state index in [1.807, 2.05) is 61.7 Å². The Hall–Kier alpha value is -4.51. The number of hydrogen-bond acceptors (Lipinski definition) is 4. The number of phenols is 1. The van der Waals surface area contributed by atoms with Crippen molar-refractivity contribution in [1.82, 2.24) is 0 Å². The summed E-state index contributed by atoms with van der Waals surface area (Å²) in [4.78, 5) is 34.7. The summed E-state index contributed by atoms with van der Waals surface area (Å²) in [6.45, 7) is 1.99. The maximum Gasteiger partial charge on any atom is 0.239 e. The van der Waals surface area contributed by atoms with E-state index in [0.717, 1.165) is 27.8 Å². The zero-order valence-corrected chi connectivity index (χ0v) is 20.2. The van der Waals surface area contributed by atoms with E-state index in [2.05, 4.69) is 24.3 Å². The average Bonchev–Trinajstić information content (AvgIpc) is 3.20. The minimum atomic E-state index is -0.906. The van der Waals surface area contributed by atoms with Crippen LogP contribution in [0.2, 0.25) is 0 Å². The van der Waals surface area contributed by atoms with Gasteiger partial charge in [0.1, 0.15) is 5.75 Å². The van der Waals surface area contributed by atoms with Crippen LogP contribution in [-0.4, -0.2) is 23.1 Å². The third-order valence-corrected chi connectivity index (χ3v) is 8.24. The Morgan fingerprint density at radius 2 is 1.38 bits per heavy atom. The van der Waals surface area contributed by atoms with Crippen molar-refractivity contribution in [2.24, 2.45) is 16.8 Å². The topological polar surface area (TPSA) is 70.0 Å². The SMILES string of the molecule is Cc1ccc(N2C(=O)[C@@H]3C4c5ccccc5C(C=Nc5ccc(O)cc5)(c5ccccc54)[C@@H]3C2=O)cc1. The molecule has 1 fully saturated rings. The van der Waals surface area contributed by atoms with Gasteiger partial charge >= 0.3 is 0 Å². The van der Waals surface area contributed by atoms with Crippen LogP contribution in [0.15, 0.2) is 102 Å². The van der Waals surface area contributed by atoms with Crippen LogP contribution in [0.25, 0.3) is 0 Å². The lowest BCUT2D eigenvalue weighted by molar-refractivity contribution is -0.122. The molecule has 2 amide bonds. The van der Waals surface area contributed by atoms with Crippen LogP contribution >= 0.6 is 0 Å². The summed E-state index contributed by atoms with van der Waals surface area (Å²) in [5.41, 5.74) is 5.63. The van der Waals surface area contributed by atoms with E-state index < -0.39 is 17.3 Å². The lowest BCUT2D eigenvalue weighted by Gasteiger charge is -2.52. The van der Waals surface area contributed by atoms with Crippen molar-refractivity contribution in [3.63, 3.8) is 0 Å². The van der Waals surface area contributed by atoms with Crippen LogP contribution in [0.3, 0.4) is 0 Å². The van der Waals surface area contributed by atoms with E-state index >= 15 is 0 Å². The highest BCUT2D eigenvalue weighted by molar-refractivity contribution is 6.25. The maximum absolute atomic E-state index is 14.3. The number of phenolic OH excluding ortho intramolecular Hbond substituents is 1. The number of hydrogen-bond donors (Lipinski definition) is 1. The van der Waals surface area contributed by atoms with Crippen LogP contribution < -0.4 is 4.90 Å². The first-order valence-electron chi connectivity index (χ1n) is 12.5. The fraction of sp³-hybridized carbons (Fsp3) is 0.156. The summed E-state index contributed by atoms with van der Waals surface area (Å²) in [6.07, 6.45) is 1.87. The van der Waals surface area contributed by atoms with Gasteiger partial charge in [0.25, 0.3) is 0 Å². The molecule has 2 atom stereocenters. The van der Waals surface area contributed by atoms with Crippen molar-refractivity contribution >= 4 is 29.4 Å². The van der Waals surface area contributed by atoms with Gasteiger partial charge in [0.15, 0.2) is 0 Å². The molecule has 1 saturated heterocycles. The minimum Gasteiger partial charge on any atom is -0.508 e. The second-order valence-electron chi connectivity index (χ2n) is 10.1. The number of aliphatic imine (C=N–C) groups is 1. The molecule has 0 saturated carbocycles. The number of benzene rings is 4. The van der Waals surface area contributed by atoms with Crippen LogP contribution in [0, 0.1) is 18.8 Å². The predicted octanol–water partition coefficient (Wildman–Crippen LogP) is 5.65. The van der Waals surface area contributed by atoms with Crippen molar-refractivity contribution in [3.05, 3.63) is 125 Å². The molecule has 0 unspecified atom stereocenters. The number of aryl methyl sites for hydroxylation is 1. The Morgan fingerprint density at radius 3 is 2.00 bits per heavy atom. The highest BCUT2D eigenvalue weighted by Gasteiger charge is 2.67. The Kier molecular flexibility index (Phi) is 4.55. The zero-order chi connectivity index (χ0) is 25.3. The van der Waals surface area contributed by atoms with Gasteiger partial charge < -0.3 is 5.11 Å². The maximum atomic E-state index is 14.3. The fourth-order valence-electron chi connectivity index (χ4n) is 6.71. The first kappa shape index (κ1) is 21.7. The molecular weight excluding hydrogens is 460 g/mol. The van der Waals surface area contributed by atoms with E-state index in [-0.39, 0.29) is 23.5 Å². The number of carbonyl (C=O) groups is 2. The largest absolute Gasteiger partial charge is 0.508 e. The van der Waals surface area contributed by atoms with E-state index in [1.165, 1.54) is 4.90 Å². The van der Waals surface area contributed by atoms with Gasteiger partial charge in [-0.25, -0.2) is 4.90 Å². The molecule has 0 spiro atoms. The summed E-state index contributed by atoms with van der Waals surface area (Å²) in [7, 11) is 0. The normalized spacial score (nSPS) is 25.3. The van der Waals surface area contributed by atoms with Gasteiger partial charge in [-0.05, 0) is 65.6 Å². The van der Waals surface area contributed by atoms with Crippen molar-refractivity contribution < 1.29 is 14.7 Å². The van der Waals surface area contributed by atoms with Gasteiger partial charge in [-0.1, -0.05) is 66.2 Å². The van der Waals surface area contributed by atoms with Crippen molar-refractivity contribution in [3.8, 4) is 5.75 Å². The van der Waals surface area contributed by atoms with Crippen molar-refractivity contribution in [2.45, 2.75) is 18.3 Å². The molecule has 5 nitrogen and oxygen atoms in total. The Morgan fingerprint density at radius 1 is 0.784 bits per heavy atom. The number of aromatic hydroxyl groups is 1. The zero-order valence-electron chi connectivity index (χ0n) is 20.2. The molecule has 4 aromatic rings. The number of carbonyl (C=O) groups excluding carboxylic acids is 2. The van der Waals surface area contributed by atoms with Crippen molar-refractivity contribution in [1.29, 1.82) is 0 Å². The van der Waals surface area contributed by atoms with E-state index in [1.54, 1.807) is 24.3 Å². The highest BCUT2D eigenvalue weighted by atomic mass is 16.3. The van der Waals surface area contributed by atoms with Gasteiger partial charge in [-0.2, -0.15) is 0 Å². The molecule has 5 heteroatoms. The van der Waals surface area contributed by atoms with E-state index in [9.17, 15) is 14.7 Å². The second kappa shape index (κ2) is 7.74. The number of amides is 2. The third-order valence-electron chi connectivity index (χ3n) is 8.24. The number of rotatable bonds is 3. The molecule has 3 aliphatic carbocycles. The quantitative estimate of drug-likeness (QED) is 0.302. The molecule has 180 valence electrons. The fourth-order valence-corrected chi connectivity index (χ4v) is 6.71. The monoisotopic (exact) mass is 484 g/mol. The van der Waals surface area contributed by atoms with Gasteiger partial charge in [0.05, 0.1) is 28.6 Å². The molecule has 8 rings (SSSR count). The smallest absolute Gasteiger partial charge is 0.239 e. The highest BCUT2D eigenvalue weighted by Crippen LogP contribution is 2.63. The molecule has 0 aromatic heterocycles. The molecule has 0 radical (unpaired) electrons. The summed E-state index contributed by atoms with van der Waals surface area (Å²) < 4.78 is 0. The Bertz CT molecular complexity index is 1560. The van der Waals surface area contributed by atoms with Crippen LogP contribution in [0.4, 0.5) is 11.4 Å². The molecule has 37 heavy (non-hydrogen) atoms. The molecule has 1 N–H and O–H groups in total. The predicted molar refractivity (Wildman–Crippen MR) is 142 cm³/mol. The van der Waals surface area contributed by atoms with Gasteiger partial charge in [-0.15, -0.1) is 0 Å². The number of anilines is 1. The molecule has 2 bridgehead atoms. The minimum absolute atomic E-state index is 0.157. The van der Waals surface area contributed by atoms with Crippen molar-refractivity contribution in [2.75, 3.05) is 4.90 Å².